The van der Waals surface area contributed by atoms with Crippen LogP contribution in [0.1, 0.15) is 10.8 Å². The van der Waals surface area contributed by atoms with Crippen molar-refractivity contribution in [3.63, 3.8) is 0 Å². The molecule has 0 aliphatic rings. The number of rotatable bonds is 6. The van der Waals surface area contributed by atoms with Gasteiger partial charge in [0.05, 0.1) is 23.0 Å². The normalized spacial score (nSPS) is 12.4. The van der Waals surface area contributed by atoms with Crippen molar-refractivity contribution in [2.24, 2.45) is 0 Å². The Morgan fingerprint density at radius 3 is 2.32 bits per heavy atom. The molecule has 0 N–H and O–H groups in total. The Kier molecular flexibility index (Phi) is 5.47. The number of thiocyanates is 1. The van der Waals surface area contributed by atoms with E-state index in [9.17, 15) is 8.42 Å². The van der Waals surface area contributed by atoms with Gasteiger partial charge in [-0.05, 0) is 41.6 Å². The molecular formula is C16H15NO3S2. The minimum absolute atomic E-state index is 0.123. The zero-order valence-electron chi connectivity index (χ0n) is 12.0. The van der Waals surface area contributed by atoms with Gasteiger partial charge >= 0.3 is 0 Å². The molecule has 0 amide bonds. The van der Waals surface area contributed by atoms with Crippen LogP contribution in [0.3, 0.4) is 0 Å². The SMILES string of the molecule is COc1ccc(S(=O)(=O)CC(SC#N)c2ccccc2)cc1. The molecule has 2 aromatic rings. The van der Waals surface area contributed by atoms with Gasteiger partial charge in [0.2, 0.25) is 0 Å². The highest BCUT2D eigenvalue weighted by Crippen LogP contribution is 2.31. The van der Waals surface area contributed by atoms with E-state index in [2.05, 4.69) is 0 Å². The fourth-order valence-corrected chi connectivity index (χ4v) is 4.57. The van der Waals surface area contributed by atoms with Crippen LogP contribution in [0.25, 0.3) is 0 Å². The van der Waals surface area contributed by atoms with Gasteiger partial charge in [-0.25, -0.2) is 8.42 Å². The average molecular weight is 333 g/mol. The van der Waals surface area contributed by atoms with E-state index < -0.39 is 15.1 Å². The van der Waals surface area contributed by atoms with Gasteiger partial charge in [0.15, 0.2) is 9.84 Å². The van der Waals surface area contributed by atoms with E-state index in [1.54, 1.807) is 12.1 Å². The number of hydrogen-bond donors (Lipinski definition) is 0. The van der Waals surface area contributed by atoms with Gasteiger partial charge in [0, 0.05) is 0 Å². The summed E-state index contributed by atoms with van der Waals surface area (Å²) >= 11 is 0.960. The number of ether oxygens (including phenoxy) is 1. The van der Waals surface area contributed by atoms with Gasteiger partial charge in [-0.3, -0.25) is 0 Å². The van der Waals surface area contributed by atoms with Crippen LogP contribution in [-0.2, 0) is 9.84 Å². The van der Waals surface area contributed by atoms with E-state index in [-0.39, 0.29) is 10.6 Å². The number of thioether (sulfide) groups is 1. The average Bonchev–Trinajstić information content (AvgIpc) is 2.55. The molecule has 114 valence electrons. The molecule has 2 rings (SSSR count). The molecule has 0 bridgehead atoms. The first-order chi connectivity index (χ1) is 10.6. The molecule has 1 unspecified atom stereocenters. The predicted molar refractivity (Wildman–Crippen MR) is 87.4 cm³/mol. The summed E-state index contributed by atoms with van der Waals surface area (Å²) in [7, 11) is -1.96. The Labute approximate surface area is 134 Å². The molecule has 6 heteroatoms. The molecule has 0 aromatic heterocycles. The highest BCUT2D eigenvalue weighted by atomic mass is 32.2. The minimum atomic E-state index is -3.48. The molecule has 0 saturated carbocycles. The van der Waals surface area contributed by atoms with Crippen molar-refractivity contribution >= 4 is 21.6 Å². The van der Waals surface area contributed by atoms with Crippen LogP contribution in [-0.4, -0.2) is 21.3 Å². The Morgan fingerprint density at radius 2 is 1.77 bits per heavy atom. The Morgan fingerprint density at radius 1 is 1.14 bits per heavy atom. The summed E-state index contributed by atoms with van der Waals surface area (Å²) in [5.41, 5.74) is 0.825. The summed E-state index contributed by atoms with van der Waals surface area (Å²) < 4.78 is 30.1. The maximum Gasteiger partial charge on any atom is 0.179 e. The quantitative estimate of drug-likeness (QED) is 0.758. The first-order valence-electron chi connectivity index (χ1n) is 6.53. The second kappa shape index (κ2) is 7.34. The van der Waals surface area contributed by atoms with Crippen molar-refractivity contribution in [1.29, 1.82) is 5.26 Å². The van der Waals surface area contributed by atoms with Crippen LogP contribution in [0.15, 0.2) is 59.5 Å². The van der Waals surface area contributed by atoms with Crippen molar-refractivity contribution < 1.29 is 13.2 Å². The van der Waals surface area contributed by atoms with E-state index in [0.29, 0.717) is 5.75 Å². The van der Waals surface area contributed by atoms with E-state index in [1.807, 2.05) is 35.7 Å². The topological polar surface area (TPSA) is 67.2 Å². The van der Waals surface area contributed by atoms with Crippen molar-refractivity contribution in [3.05, 3.63) is 60.2 Å². The second-order valence-corrected chi connectivity index (χ2v) is 7.59. The zero-order valence-corrected chi connectivity index (χ0v) is 13.6. The number of nitrogens with zero attached hydrogens (tertiary/aromatic N) is 1. The molecule has 0 aliphatic heterocycles. The van der Waals surface area contributed by atoms with Crippen LogP contribution in [0.4, 0.5) is 0 Å². The van der Waals surface area contributed by atoms with Crippen LogP contribution >= 0.6 is 11.8 Å². The van der Waals surface area contributed by atoms with Gasteiger partial charge in [-0.15, -0.1) is 0 Å². The third kappa shape index (κ3) is 4.03. The van der Waals surface area contributed by atoms with Gasteiger partial charge < -0.3 is 4.74 Å². The number of nitriles is 1. The summed E-state index contributed by atoms with van der Waals surface area (Å²) in [5.74, 6) is 0.478. The van der Waals surface area contributed by atoms with Crippen LogP contribution in [0.5, 0.6) is 5.75 Å². The first-order valence-corrected chi connectivity index (χ1v) is 9.06. The van der Waals surface area contributed by atoms with Crippen molar-refractivity contribution in [2.75, 3.05) is 12.9 Å². The van der Waals surface area contributed by atoms with Crippen LogP contribution in [0.2, 0.25) is 0 Å². The predicted octanol–water partition coefficient (Wildman–Crippen LogP) is 3.42. The Hall–Kier alpha value is -1.97. The van der Waals surface area contributed by atoms with Crippen molar-refractivity contribution in [1.82, 2.24) is 0 Å². The fraction of sp³-hybridized carbons (Fsp3) is 0.188. The third-order valence-corrected chi connectivity index (χ3v) is 5.96. The lowest BCUT2D eigenvalue weighted by atomic mass is 10.2. The lowest BCUT2D eigenvalue weighted by molar-refractivity contribution is 0.414. The summed E-state index contributed by atoms with van der Waals surface area (Å²) in [5, 5.41) is 10.5. The number of sulfone groups is 1. The number of methoxy groups -OCH3 is 1. The molecule has 0 aliphatic carbocycles. The molecule has 0 fully saturated rings. The Bertz CT molecular complexity index is 750. The first kappa shape index (κ1) is 16.4. The summed E-state index contributed by atoms with van der Waals surface area (Å²) in [6.07, 6.45) is 0. The highest BCUT2D eigenvalue weighted by molar-refractivity contribution is 8.04. The molecule has 0 heterocycles. The molecule has 2 aromatic carbocycles. The number of benzene rings is 2. The van der Waals surface area contributed by atoms with E-state index in [1.165, 1.54) is 19.2 Å². The molecule has 0 spiro atoms. The fourth-order valence-electron chi connectivity index (χ4n) is 2.01. The molecule has 22 heavy (non-hydrogen) atoms. The van der Waals surface area contributed by atoms with E-state index >= 15 is 0 Å². The van der Waals surface area contributed by atoms with E-state index in [4.69, 9.17) is 10.00 Å². The maximum atomic E-state index is 12.5. The van der Waals surface area contributed by atoms with Gasteiger partial charge in [-0.2, -0.15) is 5.26 Å². The molecule has 4 nitrogen and oxygen atoms in total. The summed E-state index contributed by atoms with van der Waals surface area (Å²) in [6.45, 7) is 0. The van der Waals surface area contributed by atoms with Gasteiger partial charge in [0.1, 0.15) is 11.2 Å². The molecule has 0 saturated heterocycles. The van der Waals surface area contributed by atoms with Crippen molar-refractivity contribution in [2.45, 2.75) is 10.1 Å². The monoisotopic (exact) mass is 333 g/mol. The summed E-state index contributed by atoms with van der Waals surface area (Å²) in [4.78, 5) is 0.229. The smallest absolute Gasteiger partial charge is 0.179 e. The molecule has 1 atom stereocenters. The molecular weight excluding hydrogens is 318 g/mol. The molecule has 0 radical (unpaired) electrons. The standard InChI is InChI=1S/C16H15NO3S2/c1-20-14-7-9-15(10-8-14)22(18,19)11-16(21-12-17)13-5-3-2-4-6-13/h2-10,16H,11H2,1H3. The third-order valence-electron chi connectivity index (χ3n) is 3.16. The van der Waals surface area contributed by atoms with Gasteiger partial charge in [-0.1, -0.05) is 30.3 Å². The lowest BCUT2D eigenvalue weighted by Crippen LogP contribution is -2.13. The zero-order chi connectivity index (χ0) is 16.0. The Balaban J connectivity index is 2.26. The summed E-state index contributed by atoms with van der Waals surface area (Å²) in [6, 6.07) is 15.5. The van der Waals surface area contributed by atoms with Crippen LogP contribution in [0, 0.1) is 10.7 Å². The number of hydrogen-bond acceptors (Lipinski definition) is 5. The van der Waals surface area contributed by atoms with Crippen LogP contribution < -0.4 is 4.74 Å². The highest BCUT2D eigenvalue weighted by Gasteiger charge is 2.23. The lowest BCUT2D eigenvalue weighted by Gasteiger charge is -2.14. The largest absolute Gasteiger partial charge is 0.497 e. The second-order valence-electron chi connectivity index (χ2n) is 4.57. The van der Waals surface area contributed by atoms with Crippen molar-refractivity contribution in [3.8, 4) is 11.2 Å². The minimum Gasteiger partial charge on any atom is -0.497 e. The van der Waals surface area contributed by atoms with E-state index in [0.717, 1.165) is 17.3 Å². The maximum absolute atomic E-state index is 12.5. The van der Waals surface area contributed by atoms with Gasteiger partial charge in [0.25, 0.3) is 0 Å².